The second kappa shape index (κ2) is 4.07. The molecule has 76 valence electrons. The molecule has 1 heterocycles. The lowest BCUT2D eigenvalue weighted by Gasteiger charge is -2.25. The third-order valence-corrected chi connectivity index (χ3v) is 2.37. The van der Waals surface area contributed by atoms with Crippen molar-refractivity contribution in [3.63, 3.8) is 0 Å². The van der Waals surface area contributed by atoms with E-state index in [0.717, 1.165) is 6.61 Å². The molecule has 1 saturated heterocycles. The van der Waals surface area contributed by atoms with Crippen molar-refractivity contribution in [3.8, 4) is 0 Å². The minimum absolute atomic E-state index is 0.0334. The zero-order valence-electron chi connectivity index (χ0n) is 8.52. The molecule has 1 fully saturated rings. The van der Waals surface area contributed by atoms with Crippen LogP contribution in [0.25, 0.3) is 0 Å². The van der Waals surface area contributed by atoms with E-state index in [1.165, 1.54) is 0 Å². The first-order chi connectivity index (χ1) is 6.06. The van der Waals surface area contributed by atoms with Gasteiger partial charge in [0.25, 0.3) is 0 Å². The van der Waals surface area contributed by atoms with Crippen LogP contribution >= 0.6 is 0 Å². The lowest BCUT2D eigenvalue weighted by atomic mass is 9.88. The summed E-state index contributed by atoms with van der Waals surface area (Å²) in [6, 6.07) is 0.147. The second-order valence-electron chi connectivity index (χ2n) is 4.15. The maximum atomic E-state index is 11.3. The molecule has 1 amide bonds. The molecule has 0 spiro atoms. The van der Waals surface area contributed by atoms with E-state index in [2.05, 4.69) is 24.5 Å². The number of nitrogens with one attached hydrogen (secondary N) is 2. The van der Waals surface area contributed by atoms with Crippen molar-refractivity contribution in [2.45, 2.75) is 19.9 Å². The van der Waals surface area contributed by atoms with Crippen LogP contribution in [-0.4, -0.2) is 38.8 Å². The van der Waals surface area contributed by atoms with Gasteiger partial charge in [0.2, 0.25) is 5.91 Å². The molecule has 1 aliphatic heterocycles. The molecule has 4 nitrogen and oxygen atoms in total. The van der Waals surface area contributed by atoms with Crippen molar-refractivity contribution < 1.29 is 9.53 Å². The maximum absolute atomic E-state index is 11.3. The fourth-order valence-corrected chi connectivity index (χ4v) is 1.41. The van der Waals surface area contributed by atoms with Gasteiger partial charge in [0.05, 0.1) is 25.8 Å². The van der Waals surface area contributed by atoms with Gasteiger partial charge in [0.1, 0.15) is 0 Å². The quantitative estimate of drug-likeness (QED) is 0.639. The van der Waals surface area contributed by atoms with Gasteiger partial charge in [0.15, 0.2) is 0 Å². The third-order valence-electron chi connectivity index (χ3n) is 2.37. The zero-order chi connectivity index (χ0) is 9.90. The molecule has 0 aromatic rings. The summed E-state index contributed by atoms with van der Waals surface area (Å²) in [5.74, 6) is 0.0334. The number of carbonyl (C=O) groups excluding carboxylic acids is 1. The smallest absolute Gasteiger partial charge is 0.234 e. The normalized spacial score (nSPS) is 25.9. The van der Waals surface area contributed by atoms with Crippen LogP contribution in [0.4, 0.5) is 0 Å². The van der Waals surface area contributed by atoms with Crippen molar-refractivity contribution >= 4 is 5.91 Å². The first-order valence-corrected chi connectivity index (χ1v) is 4.58. The van der Waals surface area contributed by atoms with Gasteiger partial charge in [-0.2, -0.15) is 0 Å². The molecule has 0 aliphatic carbocycles. The highest BCUT2D eigenvalue weighted by atomic mass is 16.5. The van der Waals surface area contributed by atoms with Gasteiger partial charge in [-0.25, -0.2) is 0 Å². The standard InChI is InChI=1S/C9H18N2O2/c1-9(2)6-13-5-7(9)11-8(12)4-10-3/h7,10H,4-6H2,1-3H3,(H,11,12). The van der Waals surface area contributed by atoms with Crippen molar-refractivity contribution in [2.24, 2.45) is 5.41 Å². The van der Waals surface area contributed by atoms with Gasteiger partial charge in [-0.05, 0) is 7.05 Å². The lowest BCUT2D eigenvalue weighted by Crippen LogP contribution is -2.46. The molecular weight excluding hydrogens is 168 g/mol. The van der Waals surface area contributed by atoms with Gasteiger partial charge < -0.3 is 15.4 Å². The summed E-state index contributed by atoms with van der Waals surface area (Å²) in [4.78, 5) is 11.3. The average molecular weight is 186 g/mol. The van der Waals surface area contributed by atoms with Crippen LogP contribution in [0.2, 0.25) is 0 Å². The molecule has 1 atom stereocenters. The molecule has 4 heteroatoms. The van der Waals surface area contributed by atoms with Crippen LogP contribution in [0.5, 0.6) is 0 Å². The van der Waals surface area contributed by atoms with E-state index >= 15 is 0 Å². The highest BCUT2D eigenvalue weighted by molar-refractivity contribution is 5.78. The monoisotopic (exact) mass is 186 g/mol. The van der Waals surface area contributed by atoms with E-state index in [-0.39, 0.29) is 17.4 Å². The van der Waals surface area contributed by atoms with Crippen molar-refractivity contribution in [1.82, 2.24) is 10.6 Å². The predicted octanol–water partition coefficient (Wildman–Crippen LogP) is -0.253. The van der Waals surface area contributed by atoms with Gasteiger partial charge >= 0.3 is 0 Å². The number of ether oxygens (including phenoxy) is 1. The zero-order valence-corrected chi connectivity index (χ0v) is 8.52. The fourth-order valence-electron chi connectivity index (χ4n) is 1.41. The van der Waals surface area contributed by atoms with Gasteiger partial charge in [-0.15, -0.1) is 0 Å². The lowest BCUT2D eigenvalue weighted by molar-refractivity contribution is -0.121. The van der Waals surface area contributed by atoms with Crippen molar-refractivity contribution in [1.29, 1.82) is 0 Å². The van der Waals surface area contributed by atoms with E-state index in [0.29, 0.717) is 13.2 Å². The summed E-state index contributed by atoms with van der Waals surface area (Å²) in [5.41, 5.74) is 0.0589. The second-order valence-corrected chi connectivity index (χ2v) is 4.15. The highest BCUT2D eigenvalue weighted by Crippen LogP contribution is 2.26. The SMILES string of the molecule is CNCC(=O)NC1COCC1(C)C. The third kappa shape index (κ3) is 2.67. The Morgan fingerprint density at radius 1 is 1.62 bits per heavy atom. The van der Waals surface area contributed by atoms with Crippen molar-refractivity contribution in [3.05, 3.63) is 0 Å². The van der Waals surface area contributed by atoms with Crippen molar-refractivity contribution in [2.75, 3.05) is 26.8 Å². The summed E-state index contributed by atoms with van der Waals surface area (Å²) >= 11 is 0. The van der Waals surface area contributed by atoms with E-state index < -0.39 is 0 Å². The summed E-state index contributed by atoms with van der Waals surface area (Å²) < 4.78 is 5.32. The van der Waals surface area contributed by atoms with Gasteiger partial charge in [-0.3, -0.25) is 4.79 Å². The molecule has 0 aromatic carbocycles. The Bertz CT molecular complexity index is 192. The number of hydrogen-bond donors (Lipinski definition) is 2. The Labute approximate surface area is 79.0 Å². The Hall–Kier alpha value is -0.610. The summed E-state index contributed by atoms with van der Waals surface area (Å²) in [6.07, 6.45) is 0. The Kier molecular flexibility index (Phi) is 3.27. The van der Waals surface area contributed by atoms with Crippen LogP contribution in [0.1, 0.15) is 13.8 Å². The largest absolute Gasteiger partial charge is 0.379 e. The minimum atomic E-state index is 0.0334. The molecule has 0 aromatic heterocycles. The van der Waals surface area contributed by atoms with E-state index in [4.69, 9.17) is 4.74 Å². The molecule has 13 heavy (non-hydrogen) atoms. The van der Waals surface area contributed by atoms with E-state index in [1.54, 1.807) is 7.05 Å². The number of likely N-dealkylation sites (N-methyl/N-ethyl adjacent to an activating group) is 1. The topological polar surface area (TPSA) is 50.4 Å². The minimum Gasteiger partial charge on any atom is -0.379 e. The summed E-state index contributed by atoms with van der Waals surface area (Å²) in [6.45, 7) is 5.92. The van der Waals surface area contributed by atoms with Crippen LogP contribution in [-0.2, 0) is 9.53 Å². The molecule has 0 bridgehead atoms. The van der Waals surface area contributed by atoms with Crippen LogP contribution in [0.3, 0.4) is 0 Å². The summed E-state index contributed by atoms with van der Waals surface area (Å²) in [7, 11) is 1.76. The van der Waals surface area contributed by atoms with Gasteiger partial charge in [-0.1, -0.05) is 13.8 Å². The number of rotatable bonds is 3. The number of hydrogen-bond acceptors (Lipinski definition) is 3. The molecule has 0 saturated carbocycles. The molecule has 1 unspecified atom stereocenters. The van der Waals surface area contributed by atoms with Crippen LogP contribution < -0.4 is 10.6 Å². The Morgan fingerprint density at radius 3 is 2.77 bits per heavy atom. The van der Waals surface area contributed by atoms with E-state index in [1.807, 2.05) is 0 Å². The van der Waals surface area contributed by atoms with Crippen LogP contribution in [0, 0.1) is 5.41 Å². The summed E-state index contributed by atoms with van der Waals surface area (Å²) in [5, 5.41) is 5.76. The van der Waals surface area contributed by atoms with E-state index in [9.17, 15) is 4.79 Å². The number of carbonyl (C=O) groups is 1. The maximum Gasteiger partial charge on any atom is 0.234 e. The average Bonchev–Trinajstić information content (AvgIpc) is 2.31. The molecule has 1 aliphatic rings. The Morgan fingerprint density at radius 2 is 2.31 bits per heavy atom. The van der Waals surface area contributed by atoms with Gasteiger partial charge in [0, 0.05) is 5.41 Å². The molecule has 0 radical (unpaired) electrons. The predicted molar refractivity (Wildman–Crippen MR) is 50.5 cm³/mol. The first kappa shape index (κ1) is 10.5. The first-order valence-electron chi connectivity index (χ1n) is 4.58. The Balaban J connectivity index is 2.40. The number of amides is 1. The molecule has 2 N–H and O–H groups in total. The fraction of sp³-hybridized carbons (Fsp3) is 0.889. The molecule has 1 rings (SSSR count). The molecular formula is C9H18N2O2. The van der Waals surface area contributed by atoms with Crippen LogP contribution in [0.15, 0.2) is 0 Å². The highest BCUT2D eigenvalue weighted by Gasteiger charge is 2.36.